The SMILES string of the molecule is COc1ccc(NC(=O)C2CCCN(C(=O)Cc3ccccc3)C2)cc1N.Cl. The molecule has 0 aromatic heterocycles. The minimum atomic E-state index is -0.221. The van der Waals surface area contributed by atoms with Gasteiger partial charge in [-0.25, -0.2) is 0 Å². The topological polar surface area (TPSA) is 84.7 Å². The normalized spacial score (nSPS) is 16.0. The number of nitrogen functional groups attached to an aromatic ring is 1. The van der Waals surface area contributed by atoms with Crippen LogP contribution in [0.4, 0.5) is 11.4 Å². The standard InChI is InChI=1S/C21H25N3O3.ClH/c1-27-19-10-9-17(13-18(19)22)23-21(26)16-8-5-11-24(14-16)20(25)12-15-6-3-2-4-7-15;/h2-4,6-7,9-10,13,16H,5,8,11-12,14,22H2,1H3,(H,23,26);1H. The molecule has 1 heterocycles. The molecule has 1 unspecified atom stereocenters. The molecule has 0 spiro atoms. The van der Waals surface area contributed by atoms with Gasteiger partial charge in [-0.2, -0.15) is 0 Å². The minimum Gasteiger partial charge on any atom is -0.495 e. The predicted octanol–water partition coefficient (Wildman–Crippen LogP) is 3.12. The van der Waals surface area contributed by atoms with Crippen molar-refractivity contribution in [2.75, 3.05) is 31.2 Å². The number of rotatable bonds is 5. The van der Waals surface area contributed by atoms with E-state index in [1.807, 2.05) is 30.3 Å². The van der Waals surface area contributed by atoms with E-state index in [0.29, 0.717) is 36.6 Å². The maximum atomic E-state index is 12.6. The molecule has 1 aliphatic heterocycles. The summed E-state index contributed by atoms with van der Waals surface area (Å²) in [5.74, 6) is 0.328. The van der Waals surface area contributed by atoms with Gasteiger partial charge in [0.1, 0.15) is 5.75 Å². The van der Waals surface area contributed by atoms with Crippen molar-refractivity contribution in [2.45, 2.75) is 19.3 Å². The first-order valence-corrected chi connectivity index (χ1v) is 9.13. The Morgan fingerprint density at radius 3 is 2.64 bits per heavy atom. The molecule has 0 radical (unpaired) electrons. The largest absolute Gasteiger partial charge is 0.495 e. The Balaban J connectivity index is 0.00000280. The summed E-state index contributed by atoms with van der Waals surface area (Å²) in [5.41, 5.74) is 7.98. The Morgan fingerprint density at radius 1 is 1.21 bits per heavy atom. The molecule has 7 heteroatoms. The van der Waals surface area contributed by atoms with Crippen LogP contribution in [0.1, 0.15) is 18.4 Å². The fourth-order valence-electron chi connectivity index (χ4n) is 3.36. The molecule has 1 saturated heterocycles. The van der Waals surface area contributed by atoms with Crippen LogP contribution in [0.2, 0.25) is 0 Å². The quantitative estimate of drug-likeness (QED) is 0.751. The lowest BCUT2D eigenvalue weighted by Gasteiger charge is -2.32. The monoisotopic (exact) mass is 403 g/mol. The molecule has 0 aliphatic carbocycles. The number of halogens is 1. The van der Waals surface area contributed by atoms with E-state index in [9.17, 15) is 9.59 Å². The van der Waals surface area contributed by atoms with Gasteiger partial charge in [0.2, 0.25) is 11.8 Å². The molecular formula is C21H26ClN3O3. The first-order valence-electron chi connectivity index (χ1n) is 9.13. The molecule has 3 rings (SSSR count). The molecule has 28 heavy (non-hydrogen) atoms. The Labute approximate surface area is 171 Å². The number of hydrogen-bond acceptors (Lipinski definition) is 4. The zero-order chi connectivity index (χ0) is 19.2. The van der Waals surface area contributed by atoms with E-state index < -0.39 is 0 Å². The predicted molar refractivity (Wildman–Crippen MR) is 113 cm³/mol. The summed E-state index contributed by atoms with van der Waals surface area (Å²) >= 11 is 0. The molecule has 2 aromatic carbocycles. The van der Waals surface area contributed by atoms with E-state index in [1.165, 1.54) is 0 Å². The number of likely N-dealkylation sites (tertiary alicyclic amines) is 1. The zero-order valence-electron chi connectivity index (χ0n) is 15.9. The van der Waals surface area contributed by atoms with Gasteiger partial charge in [-0.1, -0.05) is 30.3 Å². The average Bonchev–Trinajstić information content (AvgIpc) is 2.69. The van der Waals surface area contributed by atoms with E-state index in [1.54, 1.807) is 30.2 Å². The summed E-state index contributed by atoms with van der Waals surface area (Å²) < 4.78 is 5.13. The number of carbonyl (C=O) groups is 2. The summed E-state index contributed by atoms with van der Waals surface area (Å²) in [6.07, 6.45) is 1.96. The number of amides is 2. The number of benzene rings is 2. The fraction of sp³-hybridized carbons (Fsp3) is 0.333. The number of nitrogens with two attached hydrogens (primary N) is 1. The molecule has 150 valence electrons. The third-order valence-corrected chi connectivity index (χ3v) is 4.84. The third-order valence-electron chi connectivity index (χ3n) is 4.84. The van der Waals surface area contributed by atoms with Crippen molar-refractivity contribution < 1.29 is 14.3 Å². The molecule has 6 nitrogen and oxygen atoms in total. The Hall–Kier alpha value is -2.73. The highest BCUT2D eigenvalue weighted by atomic mass is 35.5. The van der Waals surface area contributed by atoms with Crippen LogP contribution < -0.4 is 15.8 Å². The van der Waals surface area contributed by atoms with Gasteiger partial charge in [0.15, 0.2) is 0 Å². The van der Waals surface area contributed by atoms with Crippen LogP contribution >= 0.6 is 12.4 Å². The van der Waals surface area contributed by atoms with Gasteiger partial charge in [-0.05, 0) is 36.6 Å². The van der Waals surface area contributed by atoms with Crippen LogP contribution in [0.25, 0.3) is 0 Å². The summed E-state index contributed by atoms with van der Waals surface area (Å²) in [6.45, 7) is 1.15. The maximum absolute atomic E-state index is 12.6. The van der Waals surface area contributed by atoms with Crippen LogP contribution in [-0.2, 0) is 16.0 Å². The second-order valence-corrected chi connectivity index (χ2v) is 6.79. The van der Waals surface area contributed by atoms with Crippen LogP contribution in [0, 0.1) is 5.92 Å². The molecule has 0 bridgehead atoms. The van der Waals surface area contributed by atoms with E-state index in [4.69, 9.17) is 10.5 Å². The molecule has 1 fully saturated rings. The van der Waals surface area contributed by atoms with Gasteiger partial charge >= 0.3 is 0 Å². The van der Waals surface area contributed by atoms with Gasteiger partial charge in [-0.3, -0.25) is 9.59 Å². The Bertz CT molecular complexity index is 814. The fourth-order valence-corrected chi connectivity index (χ4v) is 3.36. The van der Waals surface area contributed by atoms with E-state index in [2.05, 4.69) is 5.32 Å². The number of nitrogens with one attached hydrogen (secondary N) is 1. The number of methoxy groups -OCH3 is 1. The lowest BCUT2D eigenvalue weighted by Crippen LogP contribution is -2.44. The smallest absolute Gasteiger partial charge is 0.229 e. The number of nitrogens with zero attached hydrogens (tertiary/aromatic N) is 1. The molecular weight excluding hydrogens is 378 g/mol. The Morgan fingerprint density at radius 2 is 1.96 bits per heavy atom. The van der Waals surface area contributed by atoms with Crippen molar-refractivity contribution in [3.8, 4) is 5.75 Å². The van der Waals surface area contributed by atoms with E-state index in [-0.39, 0.29) is 30.1 Å². The summed E-state index contributed by atoms with van der Waals surface area (Å²) in [6, 6.07) is 14.8. The summed E-state index contributed by atoms with van der Waals surface area (Å²) in [5, 5.41) is 2.90. The second kappa shape index (κ2) is 9.99. The van der Waals surface area contributed by atoms with E-state index >= 15 is 0 Å². The minimum absolute atomic E-state index is 0. The van der Waals surface area contributed by atoms with Crippen molar-refractivity contribution in [1.29, 1.82) is 0 Å². The lowest BCUT2D eigenvalue weighted by atomic mass is 9.96. The van der Waals surface area contributed by atoms with E-state index in [0.717, 1.165) is 18.4 Å². The molecule has 0 saturated carbocycles. The van der Waals surface area contributed by atoms with Crippen molar-refractivity contribution in [3.63, 3.8) is 0 Å². The van der Waals surface area contributed by atoms with Crippen LogP contribution in [0.15, 0.2) is 48.5 Å². The number of ether oxygens (including phenoxy) is 1. The lowest BCUT2D eigenvalue weighted by molar-refractivity contribution is -0.133. The molecule has 2 aromatic rings. The molecule has 3 N–H and O–H groups in total. The first-order chi connectivity index (χ1) is 13.1. The molecule has 2 amide bonds. The summed E-state index contributed by atoms with van der Waals surface area (Å²) in [4.78, 5) is 27.0. The van der Waals surface area contributed by atoms with Crippen LogP contribution in [0.3, 0.4) is 0 Å². The number of hydrogen-bond donors (Lipinski definition) is 2. The van der Waals surface area contributed by atoms with Crippen molar-refractivity contribution in [1.82, 2.24) is 4.90 Å². The Kier molecular flexibility index (Phi) is 7.70. The van der Waals surface area contributed by atoms with Gasteiger partial charge < -0.3 is 20.7 Å². The van der Waals surface area contributed by atoms with Crippen molar-refractivity contribution in [3.05, 3.63) is 54.1 Å². The maximum Gasteiger partial charge on any atom is 0.229 e. The van der Waals surface area contributed by atoms with Crippen molar-refractivity contribution >= 4 is 35.6 Å². The highest BCUT2D eigenvalue weighted by Gasteiger charge is 2.28. The summed E-state index contributed by atoms with van der Waals surface area (Å²) in [7, 11) is 1.55. The number of anilines is 2. The van der Waals surface area contributed by atoms with Crippen LogP contribution in [-0.4, -0.2) is 36.9 Å². The number of piperidine rings is 1. The van der Waals surface area contributed by atoms with Gasteiger partial charge in [-0.15, -0.1) is 12.4 Å². The van der Waals surface area contributed by atoms with Crippen molar-refractivity contribution in [2.24, 2.45) is 5.92 Å². The average molecular weight is 404 g/mol. The van der Waals surface area contributed by atoms with Gasteiger partial charge in [0.05, 0.1) is 25.1 Å². The molecule has 1 aliphatic rings. The first kappa shape index (κ1) is 21.6. The highest BCUT2D eigenvalue weighted by molar-refractivity contribution is 5.94. The molecule has 1 atom stereocenters. The van der Waals surface area contributed by atoms with Gasteiger partial charge in [0, 0.05) is 18.8 Å². The van der Waals surface area contributed by atoms with Crippen LogP contribution in [0.5, 0.6) is 5.75 Å². The zero-order valence-corrected chi connectivity index (χ0v) is 16.7. The second-order valence-electron chi connectivity index (χ2n) is 6.79. The highest BCUT2D eigenvalue weighted by Crippen LogP contribution is 2.26. The van der Waals surface area contributed by atoms with Gasteiger partial charge in [0.25, 0.3) is 0 Å². The number of carbonyl (C=O) groups excluding carboxylic acids is 2. The third kappa shape index (κ3) is 5.39.